The Labute approximate surface area is 117 Å². The number of halogens is 2. The van der Waals surface area contributed by atoms with Crippen LogP contribution in [0.5, 0.6) is 0 Å². The number of hydrogen-bond donors (Lipinski definition) is 1. The summed E-state index contributed by atoms with van der Waals surface area (Å²) in [5.74, 6) is 0.0437. The molecule has 0 aliphatic heterocycles. The summed E-state index contributed by atoms with van der Waals surface area (Å²) in [4.78, 5) is 0. The highest BCUT2D eigenvalue weighted by Gasteiger charge is 2.13. The third-order valence-corrected chi connectivity index (χ3v) is 3.57. The van der Waals surface area contributed by atoms with Gasteiger partial charge in [0.2, 0.25) is 0 Å². The minimum absolute atomic E-state index is 0.0437. The van der Waals surface area contributed by atoms with E-state index in [4.69, 9.17) is 23.2 Å². The lowest BCUT2D eigenvalue weighted by atomic mass is 9.93. The molecule has 2 aromatic carbocycles. The van der Waals surface area contributed by atoms with Gasteiger partial charge in [-0.05, 0) is 35.7 Å². The van der Waals surface area contributed by atoms with Gasteiger partial charge in [-0.2, -0.15) is 0 Å². The molecule has 0 saturated carbocycles. The normalized spacial score (nSPS) is 12.4. The molecule has 18 heavy (non-hydrogen) atoms. The summed E-state index contributed by atoms with van der Waals surface area (Å²) < 4.78 is 0. The molecule has 0 radical (unpaired) electrons. The van der Waals surface area contributed by atoms with Crippen molar-refractivity contribution in [3.8, 4) is 0 Å². The molecule has 2 aromatic rings. The zero-order valence-electron chi connectivity index (χ0n) is 9.81. The number of benzene rings is 2. The molecule has 2 rings (SSSR count). The van der Waals surface area contributed by atoms with Crippen molar-refractivity contribution in [2.45, 2.75) is 12.3 Å². The molecule has 0 spiro atoms. The van der Waals surface area contributed by atoms with Crippen LogP contribution in [0, 0.1) is 0 Å². The number of aliphatic hydroxyl groups is 1. The molecule has 0 fully saturated rings. The lowest BCUT2D eigenvalue weighted by Crippen LogP contribution is -2.08. The van der Waals surface area contributed by atoms with Gasteiger partial charge in [-0.25, -0.2) is 0 Å². The van der Waals surface area contributed by atoms with Crippen molar-refractivity contribution < 1.29 is 5.11 Å². The van der Waals surface area contributed by atoms with E-state index in [2.05, 4.69) is 0 Å². The van der Waals surface area contributed by atoms with Gasteiger partial charge in [0.05, 0.1) is 6.61 Å². The van der Waals surface area contributed by atoms with Crippen LogP contribution in [0.25, 0.3) is 0 Å². The van der Waals surface area contributed by atoms with E-state index in [1.165, 1.54) is 0 Å². The van der Waals surface area contributed by atoms with E-state index in [0.717, 1.165) is 11.1 Å². The van der Waals surface area contributed by atoms with Gasteiger partial charge in [-0.1, -0.05) is 53.5 Å². The average molecular weight is 281 g/mol. The summed E-state index contributed by atoms with van der Waals surface area (Å²) in [6.45, 7) is 0.0901. The topological polar surface area (TPSA) is 20.2 Å². The Morgan fingerprint density at radius 3 is 2.39 bits per heavy atom. The monoisotopic (exact) mass is 280 g/mol. The van der Waals surface area contributed by atoms with Gasteiger partial charge in [-0.3, -0.25) is 0 Å². The number of rotatable bonds is 4. The minimum Gasteiger partial charge on any atom is -0.396 e. The van der Waals surface area contributed by atoms with Crippen molar-refractivity contribution >= 4 is 23.2 Å². The van der Waals surface area contributed by atoms with E-state index in [1.807, 2.05) is 36.4 Å². The Balaban J connectivity index is 2.23. The lowest BCUT2D eigenvalue weighted by Gasteiger charge is -2.15. The summed E-state index contributed by atoms with van der Waals surface area (Å²) in [5.41, 5.74) is 2.07. The van der Waals surface area contributed by atoms with E-state index >= 15 is 0 Å². The van der Waals surface area contributed by atoms with Gasteiger partial charge in [0, 0.05) is 16.0 Å². The molecule has 94 valence electrons. The predicted molar refractivity (Wildman–Crippen MR) is 76.4 cm³/mol. The maximum atomic E-state index is 9.52. The summed E-state index contributed by atoms with van der Waals surface area (Å²) >= 11 is 12.1. The second-order valence-corrected chi connectivity index (χ2v) is 5.07. The molecule has 0 amide bonds. The van der Waals surface area contributed by atoms with E-state index in [1.54, 1.807) is 12.1 Å². The van der Waals surface area contributed by atoms with Crippen molar-refractivity contribution in [1.29, 1.82) is 0 Å². The zero-order valence-corrected chi connectivity index (χ0v) is 11.3. The molecule has 1 atom stereocenters. The maximum absolute atomic E-state index is 9.52. The molecule has 1 N–H and O–H groups in total. The largest absolute Gasteiger partial charge is 0.396 e. The first-order valence-electron chi connectivity index (χ1n) is 5.80. The SMILES string of the molecule is OCC(Cc1cc(Cl)ccc1Cl)c1ccccc1. The number of hydrogen-bond acceptors (Lipinski definition) is 1. The van der Waals surface area contributed by atoms with E-state index < -0.39 is 0 Å². The van der Waals surface area contributed by atoms with Gasteiger partial charge in [0.25, 0.3) is 0 Å². The molecular formula is C15H14Cl2O. The van der Waals surface area contributed by atoms with Crippen LogP contribution in [-0.4, -0.2) is 11.7 Å². The maximum Gasteiger partial charge on any atom is 0.0502 e. The van der Waals surface area contributed by atoms with Gasteiger partial charge < -0.3 is 5.11 Å². The predicted octanol–water partition coefficient (Wildman–Crippen LogP) is 4.31. The van der Waals surface area contributed by atoms with Crippen molar-refractivity contribution in [2.24, 2.45) is 0 Å². The fraction of sp³-hybridized carbons (Fsp3) is 0.200. The molecule has 0 heterocycles. The van der Waals surface area contributed by atoms with Gasteiger partial charge in [-0.15, -0.1) is 0 Å². The van der Waals surface area contributed by atoms with Crippen LogP contribution in [0.1, 0.15) is 17.0 Å². The summed E-state index contributed by atoms with van der Waals surface area (Å²) in [6, 6.07) is 15.3. The quantitative estimate of drug-likeness (QED) is 0.885. The van der Waals surface area contributed by atoms with Gasteiger partial charge >= 0.3 is 0 Å². The Hall–Kier alpha value is -1.02. The fourth-order valence-electron chi connectivity index (χ4n) is 1.98. The van der Waals surface area contributed by atoms with Crippen LogP contribution in [-0.2, 0) is 6.42 Å². The van der Waals surface area contributed by atoms with Crippen LogP contribution in [0.15, 0.2) is 48.5 Å². The van der Waals surface area contributed by atoms with Crippen molar-refractivity contribution in [3.05, 3.63) is 69.7 Å². The molecule has 0 aliphatic rings. The van der Waals surface area contributed by atoms with E-state index in [0.29, 0.717) is 16.5 Å². The van der Waals surface area contributed by atoms with Crippen molar-refractivity contribution in [1.82, 2.24) is 0 Å². The highest BCUT2D eigenvalue weighted by atomic mass is 35.5. The Morgan fingerprint density at radius 2 is 1.72 bits per heavy atom. The van der Waals surface area contributed by atoms with Gasteiger partial charge in [0.1, 0.15) is 0 Å². The minimum atomic E-state index is 0.0437. The Bertz CT molecular complexity index is 511. The van der Waals surface area contributed by atoms with E-state index in [-0.39, 0.29) is 12.5 Å². The molecule has 0 aromatic heterocycles. The second kappa shape index (κ2) is 6.24. The Morgan fingerprint density at radius 1 is 1.00 bits per heavy atom. The van der Waals surface area contributed by atoms with Crippen molar-refractivity contribution in [3.63, 3.8) is 0 Å². The molecule has 0 saturated heterocycles. The average Bonchev–Trinajstić information content (AvgIpc) is 2.41. The Kier molecular flexibility index (Phi) is 4.65. The standard InChI is InChI=1S/C15H14Cl2O/c16-14-6-7-15(17)12(9-14)8-13(10-18)11-4-2-1-3-5-11/h1-7,9,13,18H,8,10H2. The van der Waals surface area contributed by atoms with Crippen LogP contribution in [0.3, 0.4) is 0 Å². The lowest BCUT2D eigenvalue weighted by molar-refractivity contribution is 0.264. The highest BCUT2D eigenvalue weighted by molar-refractivity contribution is 6.33. The first kappa shape index (κ1) is 13.4. The molecule has 1 nitrogen and oxygen atoms in total. The third-order valence-electron chi connectivity index (χ3n) is 2.97. The van der Waals surface area contributed by atoms with Crippen LogP contribution >= 0.6 is 23.2 Å². The summed E-state index contributed by atoms with van der Waals surface area (Å²) in [5, 5.41) is 10.9. The summed E-state index contributed by atoms with van der Waals surface area (Å²) in [6.07, 6.45) is 0.680. The smallest absolute Gasteiger partial charge is 0.0502 e. The van der Waals surface area contributed by atoms with E-state index in [9.17, 15) is 5.11 Å². The highest BCUT2D eigenvalue weighted by Crippen LogP contribution is 2.27. The zero-order chi connectivity index (χ0) is 13.0. The number of aliphatic hydroxyl groups excluding tert-OH is 1. The van der Waals surface area contributed by atoms with Crippen LogP contribution < -0.4 is 0 Å². The first-order valence-corrected chi connectivity index (χ1v) is 6.56. The molecule has 1 unspecified atom stereocenters. The summed E-state index contributed by atoms with van der Waals surface area (Å²) in [7, 11) is 0. The van der Waals surface area contributed by atoms with Crippen LogP contribution in [0.4, 0.5) is 0 Å². The molecular weight excluding hydrogens is 267 g/mol. The van der Waals surface area contributed by atoms with Gasteiger partial charge in [0.15, 0.2) is 0 Å². The fourth-order valence-corrected chi connectivity index (χ4v) is 2.37. The molecule has 0 bridgehead atoms. The van der Waals surface area contributed by atoms with Crippen LogP contribution in [0.2, 0.25) is 10.0 Å². The third kappa shape index (κ3) is 3.26. The molecule has 0 aliphatic carbocycles. The van der Waals surface area contributed by atoms with Crippen molar-refractivity contribution in [2.75, 3.05) is 6.61 Å². The first-order chi connectivity index (χ1) is 8.70. The molecule has 3 heteroatoms. The second-order valence-electron chi connectivity index (χ2n) is 4.23.